The van der Waals surface area contributed by atoms with Crippen LogP contribution in [0.5, 0.6) is 0 Å². The minimum absolute atomic E-state index is 0.0409. The molecule has 2 aliphatic heterocycles. The van der Waals surface area contributed by atoms with Crippen molar-refractivity contribution < 1.29 is 0 Å². The van der Waals surface area contributed by atoms with Gasteiger partial charge < -0.3 is 9.13 Å². The molecule has 0 amide bonds. The van der Waals surface area contributed by atoms with Gasteiger partial charge in [0, 0.05) is 44.0 Å². The third-order valence-corrected chi connectivity index (χ3v) is 14.8. The number of para-hydroxylation sites is 2. The number of fused-ring (bicyclic) bond motifs is 10. The van der Waals surface area contributed by atoms with Gasteiger partial charge in [-0.1, -0.05) is 196 Å². The van der Waals surface area contributed by atoms with E-state index in [2.05, 4.69) is 221 Å². The summed E-state index contributed by atoms with van der Waals surface area (Å²) < 4.78 is 5.27. The summed E-state index contributed by atoms with van der Waals surface area (Å²) in [6.45, 7) is 13.9. The zero-order chi connectivity index (χ0) is 43.1. The van der Waals surface area contributed by atoms with Crippen molar-refractivity contribution in [3.05, 3.63) is 203 Å². The SMILES string of the molecule is Cc1cc(C)c(B2c3cc4c(cc3-n3c5cc(-c6ccccc6)ccc5c5cccc2c53)-n2c3cc(-c5ccccc5)ccc3c3cccc(c32)B4c2c(C)cc(C)cc2C)c(C)c1. The normalized spacial score (nSPS) is 12.8. The van der Waals surface area contributed by atoms with Crippen LogP contribution in [0.3, 0.4) is 0 Å². The zero-order valence-corrected chi connectivity index (χ0v) is 37.2. The number of hydrogen-bond acceptors (Lipinski definition) is 0. The number of benzene rings is 9. The van der Waals surface area contributed by atoms with Crippen LogP contribution in [0.15, 0.2) is 170 Å². The minimum atomic E-state index is 0.0409. The van der Waals surface area contributed by atoms with E-state index in [4.69, 9.17) is 0 Å². The molecule has 0 saturated heterocycles. The molecule has 0 unspecified atom stereocenters. The van der Waals surface area contributed by atoms with Crippen LogP contribution >= 0.6 is 0 Å². The van der Waals surface area contributed by atoms with E-state index in [1.807, 2.05) is 0 Å². The molecule has 13 rings (SSSR count). The van der Waals surface area contributed by atoms with Crippen LogP contribution in [0, 0.1) is 41.5 Å². The van der Waals surface area contributed by atoms with Gasteiger partial charge in [-0.3, -0.25) is 0 Å². The van der Waals surface area contributed by atoms with E-state index in [1.54, 1.807) is 0 Å². The van der Waals surface area contributed by atoms with E-state index in [1.165, 1.54) is 143 Å². The van der Waals surface area contributed by atoms with Gasteiger partial charge in [-0.15, -0.1) is 0 Å². The Bertz CT molecular complexity index is 3500. The van der Waals surface area contributed by atoms with E-state index < -0.39 is 0 Å². The van der Waals surface area contributed by atoms with E-state index in [-0.39, 0.29) is 13.4 Å². The van der Waals surface area contributed by atoms with Gasteiger partial charge in [0.15, 0.2) is 0 Å². The summed E-state index contributed by atoms with van der Waals surface area (Å²) in [6.07, 6.45) is 0. The quantitative estimate of drug-likeness (QED) is 0.157. The second kappa shape index (κ2) is 13.6. The molecule has 64 heavy (non-hydrogen) atoms. The van der Waals surface area contributed by atoms with E-state index in [9.17, 15) is 0 Å². The Kier molecular flexibility index (Phi) is 7.92. The molecule has 2 aliphatic rings. The molecule has 0 saturated carbocycles. The van der Waals surface area contributed by atoms with Gasteiger partial charge in [-0.25, -0.2) is 0 Å². The first-order chi connectivity index (χ1) is 31.2. The van der Waals surface area contributed by atoms with Crippen molar-refractivity contribution in [1.29, 1.82) is 0 Å². The van der Waals surface area contributed by atoms with Crippen molar-refractivity contribution in [2.75, 3.05) is 0 Å². The highest BCUT2D eigenvalue weighted by atomic mass is 15.0. The van der Waals surface area contributed by atoms with Crippen LogP contribution in [0.4, 0.5) is 0 Å². The van der Waals surface area contributed by atoms with Crippen molar-refractivity contribution in [1.82, 2.24) is 9.13 Å². The van der Waals surface area contributed by atoms with Gasteiger partial charge in [0.25, 0.3) is 0 Å². The molecule has 0 aliphatic carbocycles. The Balaban J connectivity index is 1.21. The van der Waals surface area contributed by atoms with Crippen molar-refractivity contribution in [3.63, 3.8) is 0 Å². The van der Waals surface area contributed by atoms with Crippen molar-refractivity contribution in [2.24, 2.45) is 0 Å². The van der Waals surface area contributed by atoms with Crippen LogP contribution in [0.1, 0.15) is 33.4 Å². The second-order valence-electron chi connectivity index (χ2n) is 18.8. The Hall–Kier alpha value is -7.29. The van der Waals surface area contributed by atoms with Gasteiger partial charge in [-0.05, 0) is 104 Å². The predicted molar refractivity (Wildman–Crippen MR) is 277 cm³/mol. The highest BCUT2D eigenvalue weighted by molar-refractivity contribution is 7.01. The smallest absolute Gasteiger partial charge is 0.247 e. The van der Waals surface area contributed by atoms with Crippen LogP contribution in [-0.4, -0.2) is 22.6 Å². The van der Waals surface area contributed by atoms with Crippen LogP contribution < -0.4 is 32.8 Å². The Morgan fingerprint density at radius 2 is 0.719 bits per heavy atom. The van der Waals surface area contributed by atoms with Crippen LogP contribution in [0.2, 0.25) is 0 Å². The summed E-state index contributed by atoms with van der Waals surface area (Å²) >= 11 is 0. The summed E-state index contributed by atoms with van der Waals surface area (Å²) in [6, 6.07) is 64.9. The molecule has 4 heterocycles. The average Bonchev–Trinajstić information content (AvgIpc) is 3.81. The fourth-order valence-electron chi connectivity index (χ4n) is 12.5. The lowest BCUT2D eigenvalue weighted by Crippen LogP contribution is -2.62. The Morgan fingerprint density at radius 3 is 1.12 bits per heavy atom. The highest BCUT2D eigenvalue weighted by Crippen LogP contribution is 2.40. The fourth-order valence-corrected chi connectivity index (χ4v) is 12.5. The minimum Gasteiger partial charge on any atom is -0.310 e. The zero-order valence-electron chi connectivity index (χ0n) is 37.2. The number of nitrogens with zero attached hydrogens (tertiary/aromatic N) is 2. The summed E-state index contributed by atoms with van der Waals surface area (Å²) in [7, 11) is 0. The van der Waals surface area contributed by atoms with E-state index in [0.717, 1.165) is 0 Å². The number of aromatic nitrogens is 2. The van der Waals surface area contributed by atoms with Gasteiger partial charge in [0.05, 0.1) is 11.0 Å². The molecule has 2 nitrogen and oxygen atoms in total. The van der Waals surface area contributed by atoms with Crippen molar-refractivity contribution >= 4 is 89.8 Å². The highest BCUT2D eigenvalue weighted by Gasteiger charge is 2.41. The summed E-state index contributed by atoms with van der Waals surface area (Å²) in [4.78, 5) is 0. The topological polar surface area (TPSA) is 9.86 Å². The molecular weight excluding hydrogens is 770 g/mol. The molecule has 9 aromatic carbocycles. The maximum Gasteiger partial charge on any atom is 0.247 e. The average molecular weight is 817 g/mol. The molecule has 0 spiro atoms. The molecule has 0 atom stereocenters. The largest absolute Gasteiger partial charge is 0.310 e. The molecule has 0 radical (unpaired) electrons. The number of hydrogen-bond donors (Lipinski definition) is 0. The van der Waals surface area contributed by atoms with Gasteiger partial charge in [0.2, 0.25) is 13.4 Å². The molecule has 4 heteroatoms. The summed E-state index contributed by atoms with van der Waals surface area (Å²) in [5.74, 6) is 0. The standard InChI is InChI=1S/C60H46B2N2/c1-35-27-37(3)57(38(4)28-35)61-49-21-13-19-47-45-25-23-43(41-15-9-7-10-16-41)31-53(45)63(59(47)49)55-34-56-52(33-51(55)61)62(58-39(5)29-36(2)30-40(58)6)50-22-14-20-48-46-26-24-44(42-17-11-8-12-18-42)32-54(46)64(56)60(48)50/h7-34H,1-6H3. The summed E-state index contributed by atoms with van der Waals surface area (Å²) in [5, 5.41) is 5.18. The number of aryl methyl sites for hydroxylation is 6. The fraction of sp³-hybridized carbons (Fsp3) is 0.100. The lowest BCUT2D eigenvalue weighted by molar-refractivity contribution is 1.15. The van der Waals surface area contributed by atoms with Gasteiger partial charge in [-0.2, -0.15) is 0 Å². The third kappa shape index (κ3) is 5.17. The maximum absolute atomic E-state index is 2.65. The molecular formula is C60H46B2N2. The van der Waals surface area contributed by atoms with Crippen LogP contribution in [-0.2, 0) is 0 Å². The predicted octanol–water partition coefficient (Wildman–Crippen LogP) is 10.7. The van der Waals surface area contributed by atoms with Crippen molar-refractivity contribution in [3.8, 4) is 33.6 Å². The Morgan fingerprint density at radius 1 is 0.312 bits per heavy atom. The van der Waals surface area contributed by atoms with Gasteiger partial charge >= 0.3 is 0 Å². The third-order valence-electron chi connectivity index (χ3n) is 14.8. The lowest BCUT2D eigenvalue weighted by atomic mass is 9.31. The first kappa shape index (κ1) is 37.3. The molecule has 0 bridgehead atoms. The van der Waals surface area contributed by atoms with Gasteiger partial charge in [0.1, 0.15) is 0 Å². The first-order valence-corrected chi connectivity index (χ1v) is 22.8. The second-order valence-corrected chi connectivity index (χ2v) is 18.8. The maximum atomic E-state index is 2.65. The van der Waals surface area contributed by atoms with E-state index >= 15 is 0 Å². The molecule has 2 aromatic heterocycles. The molecule has 0 fully saturated rings. The Labute approximate surface area is 375 Å². The molecule has 0 N–H and O–H groups in total. The van der Waals surface area contributed by atoms with Crippen LogP contribution in [0.25, 0.3) is 77.2 Å². The lowest BCUT2D eigenvalue weighted by Gasteiger charge is -2.34. The van der Waals surface area contributed by atoms with E-state index in [0.29, 0.717) is 0 Å². The first-order valence-electron chi connectivity index (χ1n) is 22.8. The monoisotopic (exact) mass is 816 g/mol. The summed E-state index contributed by atoms with van der Waals surface area (Å²) in [5.41, 5.74) is 28.8. The number of rotatable bonds is 4. The molecule has 11 aromatic rings. The van der Waals surface area contributed by atoms with Crippen molar-refractivity contribution in [2.45, 2.75) is 41.5 Å². The molecule has 302 valence electrons.